The molecule has 1 N–H and O–H groups in total. The summed E-state index contributed by atoms with van der Waals surface area (Å²) in [7, 11) is 0. The summed E-state index contributed by atoms with van der Waals surface area (Å²) >= 11 is 1.39. The number of nitrogens with one attached hydrogen (secondary N) is 1. The van der Waals surface area contributed by atoms with Crippen LogP contribution in [0.3, 0.4) is 0 Å². The quantitative estimate of drug-likeness (QED) is 0.807. The summed E-state index contributed by atoms with van der Waals surface area (Å²) in [5.41, 5.74) is 3.48. The molecular formula is C14H13N5OS. The van der Waals surface area contributed by atoms with Crippen LogP contribution in [0.2, 0.25) is 0 Å². The van der Waals surface area contributed by atoms with Crippen molar-refractivity contribution in [1.29, 1.82) is 0 Å². The second kappa shape index (κ2) is 5.45. The predicted molar refractivity (Wildman–Crippen MR) is 80.9 cm³/mol. The van der Waals surface area contributed by atoms with Gasteiger partial charge in [-0.05, 0) is 26.0 Å². The number of aryl methyl sites for hydroxylation is 2. The van der Waals surface area contributed by atoms with Crippen molar-refractivity contribution in [1.82, 2.24) is 19.7 Å². The van der Waals surface area contributed by atoms with Crippen molar-refractivity contribution in [3.63, 3.8) is 0 Å². The van der Waals surface area contributed by atoms with E-state index in [0.29, 0.717) is 17.2 Å². The average Bonchev–Trinajstić information content (AvgIpc) is 3.09. The molecule has 6 nitrogen and oxygen atoms in total. The Hall–Kier alpha value is -2.54. The number of hydrogen-bond acceptors (Lipinski definition) is 5. The first-order chi connectivity index (χ1) is 10.1. The first-order valence-electron chi connectivity index (χ1n) is 6.34. The minimum atomic E-state index is -0.238. The summed E-state index contributed by atoms with van der Waals surface area (Å²) in [5.74, 6) is 1.22. The first-order valence-corrected chi connectivity index (χ1v) is 7.28. The van der Waals surface area contributed by atoms with E-state index in [4.69, 9.17) is 0 Å². The molecule has 106 valence electrons. The summed E-state index contributed by atoms with van der Waals surface area (Å²) < 4.78 is 1.71. The molecule has 0 saturated carbocycles. The van der Waals surface area contributed by atoms with E-state index in [1.54, 1.807) is 15.6 Å². The second-order valence-electron chi connectivity index (χ2n) is 4.46. The molecule has 2 aromatic heterocycles. The lowest BCUT2D eigenvalue weighted by Crippen LogP contribution is -2.14. The lowest BCUT2D eigenvalue weighted by Gasteiger charge is -2.10. The molecule has 0 fully saturated rings. The van der Waals surface area contributed by atoms with Crippen molar-refractivity contribution in [3.8, 4) is 5.69 Å². The maximum atomic E-state index is 12.1. The molecule has 3 rings (SSSR count). The minimum absolute atomic E-state index is 0.238. The van der Waals surface area contributed by atoms with Crippen molar-refractivity contribution >= 4 is 22.9 Å². The standard InChI is InChI=1S/C14H13N5OS/c1-9-16-10(2)19(18-9)13-6-4-3-5-11(13)17-14(20)12-7-21-8-15-12/h3-8H,1-2H3,(H,17,20). The molecule has 0 radical (unpaired) electrons. The molecule has 0 aliphatic carbocycles. The number of rotatable bonds is 3. The molecule has 0 saturated heterocycles. The highest BCUT2D eigenvalue weighted by Gasteiger charge is 2.13. The Kier molecular flexibility index (Phi) is 3.49. The number of carbonyl (C=O) groups is 1. The fraction of sp³-hybridized carbons (Fsp3) is 0.143. The van der Waals surface area contributed by atoms with Crippen molar-refractivity contribution < 1.29 is 4.79 Å². The number of carbonyl (C=O) groups excluding carboxylic acids is 1. The highest BCUT2D eigenvalue weighted by Crippen LogP contribution is 2.21. The molecule has 0 unspecified atom stereocenters. The third kappa shape index (κ3) is 2.68. The fourth-order valence-electron chi connectivity index (χ4n) is 2.02. The largest absolute Gasteiger partial charge is 0.319 e. The van der Waals surface area contributed by atoms with E-state index in [9.17, 15) is 4.79 Å². The van der Waals surface area contributed by atoms with Gasteiger partial charge in [-0.25, -0.2) is 14.6 Å². The number of aromatic nitrogens is 4. The molecule has 21 heavy (non-hydrogen) atoms. The molecule has 1 aromatic carbocycles. The van der Waals surface area contributed by atoms with E-state index in [1.165, 1.54) is 11.3 Å². The SMILES string of the molecule is Cc1nc(C)n(-c2ccccc2NC(=O)c2cscn2)n1. The Morgan fingerprint density at radius 1 is 1.29 bits per heavy atom. The van der Waals surface area contributed by atoms with Crippen LogP contribution in [0.4, 0.5) is 5.69 Å². The Morgan fingerprint density at radius 2 is 2.10 bits per heavy atom. The Balaban J connectivity index is 1.97. The average molecular weight is 299 g/mol. The van der Waals surface area contributed by atoms with Crippen molar-refractivity contribution in [3.05, 3.63) is 52.5 Å². The van der Waals surface area contributed by atoms with Gasteiger partial charge in [0.05, 0.1) is 16.9 Å². The zero-order chi connectivity index (χ0) is 14.8. The van der Waals surface area contributed by atoms with E-state index in [-0.39, 0.29) is 5.91 Å². The van der Waals surface area contributed by atoms with Crippen molar-refractivity contribution in [2.24, 2.45) is 0 Å². The van der Waals surface area contributed by atoms with E-state index in [2.05, 4.69) is 20.4 Å². The summed E-state index contributed by atoms with van der Waals surface area (Å²) in [6.45, 7) is 3.71. The van der Waals surface area contributed by atoms with E-state index in [0.717, 1.165) is 11.5 Å². The zero-order valence-corrected chi connectivity index (χ0v) is 12.4. The number of thiazole rings is 1. The Morgan fingerprint density at radius 3 is 2.76 bits per heavy atom. The fourth-order valence-corrected chi connectivity index (χ4v) is 2.56. The second-order valence-corrected chi connectivity index (χ2v) is 5.18. The molecule has 2 heterocycles. The topological polar surface area (TPSA) is 72.7 Å². The molecule has 0 aliphatic heterocycles. The molecule has 0 spiro atoms. The van der Waals surface area contributed by atoms with Gasteiger partial charge in [-0.3, -0.25) is 4.79 Å². The van der Waals surface area contributed by atoms with Gasteiger partial charge in [-0.2, -0.15) is 5.10 Å². The van der Waals surface area contributed by atoms with Gasteiger partial charge in [0, 0.05) is 5.38 Å². The monoisotopic (exact) mass is 299 g/mol. The number of para-hydroxylation sites is 2. The lowest BCUT2D eigenvalue weighted by atomic mass is 10.2. The highest BCUT2D eigenvalue weighted by molar-refractivity contribution is 7.07. The van der Waals surface area contributed by atoms with Crippen LogP contribution in [0.1, 0.15) is 22.1 Å². The van der Waals surface area contributed by atoms with Crippen LogP contribution < -0.4 is 5.32 Å². The molecule has 3 aromatic rings. The third-order valence-electron chi connectivity index (χ3n) is 2.92. The maximum absolute atomic E-state index is 12.1. The molecule has 1 amide bonds. The van der Waals surface area contributed by atoms with Crippen LogP contribution in [0.25, 0.3) is 5.69 Å². The van der Waals surface area contributed by atoms with E-state index in [1.807, 2.05) is 38.1 Å². The highest BCUT2D eigenvalue weighted by atomic mass is 32.1. The van der Waals surface area contributed by atoms with Crippen LogP contribution in [0.5, 0.6) is 0 Å². The van der Waals surface area contributed by atoms with Gasteiger partial charge in [-0.1, -0.05) is 12.1 Å². The van der Waals surface area contributed by atoms with Gasteiger partial charge >= 0.3 is 0 Å². The zero-order valence-electron chi connectivity index (χ0n) is 11.6. The smallest absolute Gasteiger partial charge is 0.275 e. The van der Waals surface area contributed by atoms with Crippen LogP contribution in [0.15, 0.2) is 35.2 Å². The summed E-state index contributed by atoms with van der Waals surface area (Å²) in [6.07, 6.45) is 0. The number of amides is 1. The van der Waals surface area contributed by atoms with Gasteiger partial charge in [0.2, 0.25) is 0 Å². The molecule has 0 atom stereocenters. The molecule has 0 bridgehead atoms. The van der Waals surface area contributed by atoms with Gasteiger partial charge < -0.3 is 5.32 Å². The van der Waals surface area contributed by atoms with Gasteiger partial charge in [0.1, 0.15) is 17.3 Å². The van der Waals surface area contributed by atoms with Crippen LogP contribution >= 0.6 is 11.3 Å². The minimum Gasteiger partial charge on any atom is -0.319 e. The van der Waals surface area contributed by atoms with Crippen LogP contribution in [-0.4, -0.2) is 25.7 Å². The molecular weight excluding hydrogens is 286 g/mol. The van der Waals surface area contributed by atoms with Gasteiger partial charge in [-0.15, -0.1) is 11.3 Å². The Bertz CT molecular complexity index is 779. The van der Waals surface area contributed by atoms with Gasteiger partial charge in [0.15, 0.2) is 0 Å². The summed E-state index contributed by atoms with van der Waals surface area (Å²) in [4.78, 5) is 20.4. The third-order valence-corrected chi connectivity index (χ3v) is 3.51. The lowest BCUT2D eigenvalue weighted by molar-refractivity contribution is 0.102. The molecule has 0 aliphatic rings. The van der Waals surface area contributed by atoms with Gasteiger partial charge in [0.25, 0.3) is 5.91 Å². The number of anilines is 1. The normalized spacial score (nSPS) is 10.6. The van der Waals surface area contributed by atoms with E-state index < -0.39 is 0 Å². The molecule has 7 heteroatoms. The predicted octanol–water partition coefficient (Wildman–Crippen LogP) is 2.59. The number of nitrogens with zero attached hydrogens (tertiary/aromatic N) is 4. The summed E-state index contributed by atoms with van der Waals surface area (Å²) in [5, 5.41) is 8.93. The van der Waals surface area contributed by atoms with Crippen molar-refractivity contribution in [2.45, 2.75) is 13.8 Å². The maximum Gasteiger partial charge on any atom is 0.275 e. The van der Waals surface area contributed by atoms with Crippen LogP contribution in [0, 0.1) is 13.8 Å². The summed E-state index contributed by atoms with van der Waals surface area (Å²) in [6, 6.07) is 7.47. The Labute approximate surface area is 125 Å². The van der Waals surface area contributed by atoms with Crippen molar-refractivity contribution in [2.75, 3.05) is 5.32 Å². The van der Waals surface area contributed by atoms with Crippen LogP contribution in [-0.2, 0) is 0 Å². The number of benzene rings is 1. The van der Waals surface area contributed by atoms with E-state index >= 15 is 0 Å². The first kappa shape index (κ1) is 13.4. The number of hydrogen-bond donors (Lipinski definition) is 1.